The Morgan fingerprint density at radius 2 is 1.62 bits per heavy atom. The molecule has 0 bridgehead atoms. The van der Waals surface area contributed by atoms with Crippen molar-refractivity contribution >= 4 is 45.0 Å². The molecule has 4 radical (unpaired) electrons. The molecule has 0 heterocycles. The third kappa shape index (κ3) is 3.66. The molecule has 1 N–H and O–H groups in total. The zero-order valence-electron chi connectivity index (χ0n) is 8.05. The van der Waals surface area contributed by atoms with Gasteiger partial charge >= 0.3 is 119 Å². The van der Waals surface area contributed by atoms with Crippen molar-refractivity contribution in [1.29, 1.82) is 0 Å². The first kappa shape index (κ1) is 14.4. The predicted molar refractivity (Wildman–Crippen MR) is 56.0 cm³/mol. The van der Waals surface area contributed by atoms with Crippen LogP contribution < -0.4 is 0 Å². The fourth-order valence-corrected chi connectivity index (χ4v) is 2.36. The van der Waals surface area contributed by atoms with Crippen molar-refractivity contribution < 1.29 is 18.3 Å². The van der Waals surface area contributed by atoms with Crippen molar-refractivity contribution in [1.82, 2.24) is 0 Å². The zero-order valence-corrected chi connectivity index (χ0v) is 13.8. The van der Waals surface area contributed by atoms with E-state index < -0.39 is 15.9 Å². The monoisotopic (exact) mass is 440 g/mol. The summed E-state index contributed by atoms with van der Waals surface area (Å²) in [6.45, 7) is 0. The van der Waals surface area contributed by atoms with Crippen molar-refractivity contribution in [3.05, 3.63) is 43.1 Å². The molecular weight excluding hydrogens is 431 g/mol. The van der Waals surface area contributed by atoms with Crippen LogP contribution in [-0.4, -0.2) is 56.3 Å². The Bertz CT molecular complexity index is 387. The number of aliphatic hydroxyl groups excluding tert-OH is 1. The van der Waals surface area contributed by atoms with E-state index in [9.17, 15) is 18.3 Å². The van der Waals surface area contributed by atoms with E-state index in [0.29, 0.717) is 28.1 Å². The molecule has 0 aliphatic heterocycles. The van der Waals surface area contributed by atoms with Crippen molar-refractivity contribution in [2.45, 2.75) is 12.3 Å². The Balaban J connectivity index is 3.04. The van der Waals surface area contributed by atoms with Gasteiger partial charge < -0.3 is 0 Å². The van der Waals surface area contributed by atoms with Gasteiger partial charge in [-0.15, -0.1) is 0 Å². The van der Waals surface area contributed by atoms with E-state index >= 15 is 0 Å². The molecule has 0 aliphatic carbocycles. The number of rotatable bonds is 2. The summed E-state index contributed by atoms with van der Waals surface area (Å²) in [6, 6.07) is 8.38. The van der Waals surface area contributed by atoms with Crippen LogP contribution in [0.2, 0.25) is 0 Å². The average molecular weight is 438 g/mol. The first-order chi connectivity index (χ1) is 7.34. The van der Waals surface area contributed by atoms with Gasteiger partial charge in [-0.1, -0.05) is 0 Å². The third-order valence-corrected chi connectivity index (χ3v) is 7.05. The minimum absolute atomic E-state index is 0.0594. The van der Waals surface area contributed by atoms with Crippen molar-refractivity contribution in [3.8, 4) is 0 Å². The van der Waals surface area contributed by atoms with Gasteiger partial charge in [-0.25, -0.2) is 0 Å². The summed E-state index contributed by atoms with van der Waals surface area (Å²) in [4.78, 5) is 0. The molecule has 0 amide bonds. The third-order valence-electron chi connectivity index (χ3n) is 1.94. The Labute approximate surface area is 118 Å². The summed E-state index contributed by atoms with van der Waals surface area (Å²) in [5, 5.41) is 9.80. The van der Waals surface area contributed by atoms with Gasteiger partial charge in [0.1, 0.15) is 0 Å². The molecular formula is C10H7F3OSn2+2. The molecule has 80 valence electrons. The fraction of sp³-hybridized carbons (Fsp3) is 0.200. The number of allylic oxidation sites excluding steroid dienone is 1. The van der Waals surface area contributed by atoms with Gasteiger partial charge in [0.15, 0.2) is 0 Å². The molecule has 0 spiro atoms. The average Bonchev–Trinajstić information content (AvgIpc) is 2.26. The molecule has 0 saturated carbocycles. The van der Waals surface area contributed by atoms with Crippen LogP contribution in [0.15, 0.2) is 37.5 Å². The van der Waals surface area contributed by atoms with Gasteiger partial charge in [-0.3, -0.25) is 0 Å². The maximum atomic E-state index is 12.4. The van der Waals surface area contributed by atoms with Crippen LogP contribution in [0.5, 0.6) is 0 Å². The Hall–Kier alpha value is 0.307. The second-order valence-electron chi connectivity index (χ2n) is 3.10. The molecule has 0 fully saturated rings. The topological polar surface area (TPSA) is 20.2 Å². The van der Waals surface area contributed by atoms with Crippen LogP contribution >= 0.6 is 0 Å². The number of aliphatic hydroxyl groups is 1. The molecule has 1 nitrogen and oxygen atoms in total. The SMILES string of the molecule is OC(/[C]([Sn+])=[C](/[Sn+])C(F)(F)F)c1ccccc1. The Morgan fingerprint density at radius 3 is 2.06 bits per heavy atom. The fourth-order valence-electron chi connectivity index (χ4n) is 1.09. The van der Waals surface area contributed by atoms with E-state index in [-0.39, 0.29) is 26.1 Å². The molecule has 1 aromatic carbocycles. The summed E-state index contributed by atoms with van der Waals surface area (Å²) < 4.78 is 36.8. The first-order valence-electron chi connectivity index (χ1n) is 4.31. The molecule has 6 heteroatoms. The van der Waals surface area contributed by atoms with E-state index in [1.54, 1.807) is 30.3 Å². The quantitative estimate of drug-likeness (QED) is 0.700. The molecule has 1 atom stereocenters. The van der Waals surface area contributed by atoms with E-state index in [0.717, 1.165) is 0 Å². The number of halogens is 3. The Morgan fingerprint density at radius 1 is 1.12 bits per heavy atom. The van der Waals surface area contributed by atoms with Crippen molar-refractivity contribution in [3.63, 3.8) is 0 Å². The summed E-state index contributed by atoms with van der Waals surface area (Å²) in [7, 11) is 0. The first-order valence-corrected chi connectivity index (χ1v) is 7.17. The van der Waals surface area contributed by atoms with E-state index in [4.69, 9.17) is 0 Å². The predicted octanol–water partition coefficient (Wildman–Crippen LogP) is 1.83. The number of benzene rings is 1. The molecule has 1 unspecified atom stereocenters. The summed E-state index contributed by atoms with van der Waals surface area (Å²) in [5.41, 5.74) is 0.499. The van der Waals surface area contributed by atoms with Crippen LogP contribution in [-0.2, 0) is 0 Å². The van der Waals surface area contributed by atoms with Gasteiger partial charge in [0, 0.05) is 0 Å². The van der Waals surface area contributed by atoms with Gasteiger partial charge in [-0.2, -0.15) is 0 Å². The summed E-state index contributed by atoms with van der Waals surface area (Å²) in [6.07, 6.45) is -5.47. The van der Waals surface area contributed by atoms with E-state index in [1.807, 2.05) is 0 Å². The molecule has 0 saturated heterocycles. The van der Waals surface area contributed by atoms with Crippen LogP contribution in [0, 0.1) is 0 Å². The van der Waals surface area contributed by atoms with Crippen LogP contribution in [0.4, 0.5) is 13.2 Å². The van der Waals surface area contributed by atoms with Gasteiger partial charge in [0.05, 0.1) is 0 Å². The van der Waals surface area contributed by atoms with E-state index in [1.165, 1.54) is 0 Å². The van der Waals surface area contributed by atoms with Crippen LogP contribution in [0.25, 0.3) is 0 Å². The maximum absolute atomic E-state index is 12.4. The summed E-state index contributed by atoms with van der Waals surface area (Å²) in [5.74, 6) is 0. The number of hydrogen-bond donors (Lipinski definition) is 1. The Kier molecular flexibility index (Phi) is 5.18. The number of alkyl halides is 3. The second kappa shape index (κ2) is 5.77. The molecule has 0 aromatic heterocycles. The summed E-state index contributed by atoms with van der Waals surface area (Å²) >= 11 is 0.880. The molecule has 16 heavy (non-hydrogen) atoms. The van der Waals surface area contributed by atoms with Gasteiger partial charge in [0.2, 0.25) is 0 Å². The van der Waals surface area contributed by atoms with E-state index in [2.05, 4.69) is 0 Å². The molecule has 1 rings (SSSR count). The van der Waals surface area contributed by atoms with Gasteiger partial charge in [-0.05, 0) is 0 Å². The molecule has 0 aliphatic rings. The standard InChI is InChI=1S/C10H7F3O.2Sn/c11-10(12,13)7-6-9(14)8-4-2-1-3-5-8;;/h1-5,9,14H;;/q;2*+1. The minimum atomic E-state index is -4.33. The van der Waals surface area contributed by atoms with Gasteiger partial charge in [0.25, 0.3) is 0 Å². The van der Waals surface area contributed by atoms with Crippen LogP contribution in [0.1, 0.15) is 11.7 Å². The van der Waals surface area contributed by atoms with Crippen molar-refractivity contribution in [2.24, 2.45) is 0 Å². The normalized spacial score (nSPS) is 15.5. The zero-order chi connectivity index (χ0) is 12.3. The molecule has 1 aromatic rings. The van der Waals surface area contributed by atoms with Crippen molar-refractivity contribution in [2.75, 3.05) is 0 Å². The number of hydrogen-bond acceptors (Lipinski definition) is 1. The second-order valence-corrected chi connectivity index (χ2v) is 6.06. The van der Waals surface area contributed by atoms with Crippen LogP contribution in [0.3, 0.4) is 0 Å².